The van der Waals surface area contributed by atoms with Gasteiger partial charge >= 0.3 is 5.97 Å². The normalized spacial score (nSPS) is 31.8. The lowest BCUT2D eigenvalue weighted by atomic mass is 9.90. The fourth-order valence-electron chi connectivity index (χ4n) is 2.00. The minimum atomic E-state index is -0.902. The minimum Gasteiger partial charge on any atom is -0.465 e. The standard InChI is InChI=1S/C10H19NO3/c1-3-5-10(13)6-7-11-8(10)9(12)14-4-2/h8,11,13H,3-7H2,1-2H3. The van der Waals surface area contributed by atoms with E-state index in [2.05, 4.69) is 5.32 Å². The first-order valence-corrected chi connectivity index (χ1v) is 5.26. The average Bonchev–Trinajstić information content (AvgIpc) is 2.48. The van der Waals surface area contributed by atoms with E-state index in [4.69, 9.17) is 4.74 Å². The van der Waals surface area contributed by atoms with Crippen LogP contribution in [0.4, 0.5) is 0 Å². The maximum atomic E-state index is 11.5. The molecule has 1 rings (SSSR count). The fourth-order valence-corrected chi connectivity index (χ4v) is 2.00. The van der Waals surface area contributed by atoms with Crippen LogP contribution in [0.15, 0.2) is 0 Å². The molecule has 1 saturated heterocycles. The zero-order valence-corrected chi connectivity index (χ0v) is 8.88. The Kier molecular flexibility index (Phi) is 3.89. The molecule has 4 heteroatoms. The average molecular weight is 201 g/mol. The van der Waals surface area contributed by atoms with E-state index in [0.717, 1.165) is 6.42 Å². The second kappa shape index (κ2) is 4.75. The van der Waals surface area contributed by atoms with Gasteiger partial charge in [-0.15, -0.1) is 0 Å². The van der Waals surface area contributed by atoms with Crippen molar-refractivity contribution >= 4 is 5.97 Å². The van der Waals surface area contributed by atoms with Crippen LogP contribution in [0.1, 0.15) is 33.1 Å². The Morgan fingerprint density at radius 1 is 1.64 bits per heavy atom. The van der Waals surface area contributed by atoms with Gasteiger partial charge in [-0.3, -0.25) is 4.79 Å². The Bertz CT molecular complexity index is 208. The number of nitrogens with one attached hydrogen (secondary N) is 1. The molecule has 0 bridgehead atoms. The predicted molar refractivity (Wildman–Crippen MR) is 52.9 cm³/mol. The Morgan fingerprint density at radius 3 is 2.93 bits per heavy atom. The number of carbonyl (C=O) groups excluding carboxylic acids is 1. The molecule has 82 valence electrons. The van der Waals surface area contributed by atoms with Crippen LogP contribution in [0.2, 0.25) is 0 Å². The van der Waals surface area contributed by atoms with Crippen molar-refractivity contribution in [1.82, 2.24) is 5.32 Å². The van der Waals surface area contributed by atoms with E-state index in [-0.39, 0.29) is 5.97 Å². The van der Waals surface area contributed by atoms with Crippen molar-refractivity contribution < 1.29 is 14.6 Å². The summed E-state index contributed by atoms with van der Waals surface area (Å²) in [6, 6.07) is -0.539. The van der Waals surface area contributed by atoms with Crippen molar-refractivity contribution in [3.63, 3.8) is 0 Å². The smallest absolute Gasteiger partial charge is 0.326 e. The van der Waals surface area contributed by atoms with Crippen molar-refractivity contribution in [1.29, 1.82) is 0 Å². The van der Waals surface area contributed by atoms with Crippen LogP contribution in [-0.2, 0) is 9.53 Å². The summed E-state index contributed by atoms with van der Waals surface area (Å²) < 4.78 is 4.91. The van der Waals surface area contributed by atoms with Gasteiger partial charge in [0.05, 0.1) is 12.2 Å². The molecule has 2 N–H and O–H groups in total. The number of carbonyl (C=O) groups is 1. The molecule has 1 heterocycles. The monoisotopic (exact) mass is 201 g/mol. The maximum Gasteiger partial charge on any atom is 0.326 e. The van der Waals surface area contributed by atoms with Crippen LogP contribution in [0, 0.1) is 0 Å². The molecule has 2 atom stereocenters. The zero-order chi connectivity index (χ0) is 10.6. The summed E-state index contributed by atoms with van der Waals surface area (Å²) in [6.45, 7) is 4.81. The minimum absolute atomic E-state index is 0.332. The molecule has 0 radical (unpaired) electrons. The largest absolute Gasteiger partial charge is 0.465 e. The van der Waals surface area contributed by atoms with E-state index < -0.39 is 11.6 Å². The van der Waals surface area contributed by atoms with E-state index in [1.54, 1.807) is 6.92 Å². The number of ether oxygens (including phenoxy) is 1. The number of hydrogen-bond acceptors (Lipinski definition) is 4. The van der Waals surface area contributed by atoms with Crippen molar-refractivity contribution in [3.8, 4) is 0 Å². The van der Waals surface area contributed by atoms with Crippen LogP contribution in [-0.4, -0.2) is 35.9 Å². The van der Waals surface area contributed by atoms with E-state index in [0.29, 0.717) is 26.0 Å². The summed E-state index contributed by atoms with van der Waals surface area (Å²) in [5.41, 5.74) is -0.902. The zero-order valence-electron chi connectivity index (χ0n) is 8.88. The van der Waals surface area contributed by atoms with Gasteiger partial charge in [-0.25, -0.2) is 0 Å². The lowest BCUT2D eigenvalue weighted by molar-refractivity contribution is -0.151. The molecule has 0 spiro atoms. The Labute approximate surface area is 84.6 Å². The van der Waals surface area contributed by atoms with E-state index >= 15 is 0 Å². The highest BCUT2D eigenvalue weighted by Crippen LogP contribution is 2.27. The lowest BCUT2D eigenvalue weighted by Crippen LogP contribution is -2.49. The van der Waals surface area contributed by atoms with Crippen molar-refractivity contribution in [2.75, 3.05) is 13.2 Å². The van der Waals surface area contributed by atoms with Gasteiger partial charge in [0.1, 0.15) is 6.04 Å². The lowest BCUT2D eigenvalue weighted by Gasteiger charge is -2.27. The Balaban J connectivity index is 2.62. The molecule has 1 aliphatic heterocycles. The number of aliphatic hydroxyl groups is 1. The Hall–Kier alpha value is -0.610. The van der Waals surface area contributed by atoms with E-state index in [1.807, 2.05) is 6.92 Å². The van der Waals surface area contributed by atoms with Crippen molar-refractivity contribution in [2.24, 2.45) is 0 Å². The number of esters is 1. The molecular weight excluding hydrogens is 182 g/mol. The molecule has 0 aromatic rings. The molecule has 1 aliphatic rings. The van der Waals surface area contributed by atoms with Crippen molar-refractivity contribution in [3.05, 3.63) is 0 Å². The quantitative estimate of drug-likeness (QED) is 0.648. The molecule has 0 aromatic heterocycles. The van der Waals surface area contributed by atoms with Gasteiger partial charge in [-0.2, -0.15) is 0 Å². The van der Waals surface area contributed by atoms with Crippen LogP contribution in [0.5, 0.6) is 0 Å². The molecule has 2 unspecified atom stereocenters. The molecular formula is C10H19NO3. The summed E-state index contributed by atoms with van der Waals surface area (Å²) in [7, 11) is 0. The van der Waals surface area contributed by atoms with Crippen LogP contribution in [0.3, 0.4) is 0 Å². The van der Waals surface area contributed by atoms with Crippen LogP contribution in [0.25, 0.3) is 0 Å². The first kappa shape index (κ1) is 11.5. The highest BCUT2D eigenvalue weighted by Gasteiger charge is 2.45. The highest BCUT2D eigenvalue weighted by atomic mass is 16.5. The van der Waals surface area contributed by atoms with E-state index in [1.165, 1.54) is 0 Å². The molecule has 0 aromatic carbocycles. The molecule has 14 heavy (non-hydrogen) atoms. The van der Waals surface area contributed by atoms with Gasteiger partial charge in [0.15, 0.2) is 0 Å². The predicted octanol–water partition coefficient (Wildman–Crippen LogP) is 0.443. The third kappa shape index (κ3) is 2.25. The Morgan fingerprint density at radius 2 is 2.36 bits per heavy atom. The van der Waals surface area contributed by atoms with Crippen LogP contribution < -0.4 is 5.32 Å². The van der Waals surface area contributed by atoms with Gasteiger partial charge in [0.25, 0.3) is 0 Å². The first-order chi connectivity index (χ1) is 6.64. The third-order valence-electron chi connectivity index (χ3n) is 2.65. The van der Waals surface area contributed by atoms with Crippen molar-refractivity contribution in [2.45, 2.75) is 44.8 Å². The summed E-state index contributed by atoms with van der Waals surface area (Å²) >= 11 is 0. The van der Waals surface area contributed by atoms with Gasteiger partial charge in [0, 0.05) is 0 Å². The molecule has 1 fully saturated rings. The summed E-state index contributed by atoms with van der Waals surface area (Å²) in [4.78, 5) is 11.5. The summed E-state index contributed by atoms with van der Waals surface area (Å²) in [5, 5.41) is 13.2. The number of hydrogen-bond donors (Lipinski definition) is 2. The van der Waals surface area contributed by atoms with Gasteiger partial charge in [-0.05, 0) is 26.3 Å². The number of rotatable bonds is 4. The SMILES string of the molecule is CCCC1(O)CCNC1C(=O)OCC. The topological polar surface area (TPSA) is 58.6 Å². The van der Waals surface area contributed by atoms with E-state index in [9.17, 15) is 9.90 Å². The second-order valence-electron chi connectivity index (χ2n) is 3.74. The molecule has 4 nitrogen and oxygen atoms in total. The second-order valence-corrected chi connectivity index (χ2v) is 3.74. The maximum absolute atomic E-state index is 11.5. The first-order valence-electron chi connectivity index (χ1n) is 5.26. The van der Waals surface area contributed by atoms with Gasteiger partial charge < -0.3 is 15.2 Å². The molecule has 0 amide bonds. The summed E-state index contributed by atoms with van der Waals surface area (Å²) in [5.74, 6) is -0.332. The van der Waals surface area contributed by atoms with Gasteiger partial charge in [-0.1, -0.05) is 13.3 Å². The molecule has 0 aliphatic carbocycles. The highest BCUT2D eigenvalue weighted by molar-refractivity contribution is 5.77. The van der Waals surface area contributed by atoms with Gasteiger partial charge in [0.2, 0.25) is 0 Å². The fraction of sp³-hybridized carbons (Fsp3) is 0.900. The molecule has 0 saturated carbocycles. The summed E-state index contributed by atoms with van der Waals surface area (Å²) in [6.07, 6.45) is 2.14. The van der Waals surface area contributed by atoms with Crippen LogP contribution >= 0.6 is 0 Å². The third-order valence-corrected chi connectivity index (χ3v) is 2.65.